The Labute approximate surface area is 132 Å². The van der Waals surface area contributed by atoms with E-state index in [1.165, 1.54) is 0 Å². The Morgan fingerprint density at radius 1 is 1.09 bits per heavy atom. The quantitative estimate of drug-likeness (QED) is 0.293. The minimum Gasteiger partial charge on any atom is -0.378 e. The number of amides is 2. The van der Waals surface area contributed by atoms with E-state index in [4.69, 9.17) is 15.2 Å². The van der Waals surface area contributed by atoms with Gasteiger partial charge in [-0.05, 0) is 32.9 Å². The molecule has 0 saturated carbocycles. The van der Waals surface area contributed by atoms with Gasteiger partial charge < -0.3 is 31.2 Å². The zero-order chi connectivity index (χ0) is 16.6. The molecule has 5 N–H and O–H groups in total. The molecule has 0 radical (unpaired) electrons. The Morgan fingerprint density at radius 3 is 2.45 bits per heavy atom. The molecule has 0 saturated heterocycles. The van der Waals surface area contributed by atoms with E-state index in [0.29, 0.717) is 32.8 Å². The summed E-state index contributed by atoms with van der Waals surface area (Å²) in [4.78, 5) is 23.5. The van der Waals surface area contributed by atoms with E-state index in [1.807, 2.05) is 7.05 Å². The summed E-state index contributed by atoms with van der Waals surface area (Å²) in [6.07, 6.45) is 2.41. The van der Waals surface area contributed by atoms with Gasteiger partial charge in [-0.3, -0.25) is 9.59 Å². The van der Waals surface area contributed by atoms with E-state index in [1.54, 1.807) is 7.05 Å². The molecule has 22 heavy (non-hydrogen) atoms. The van der Waals surface area contributed by atoms with Crippen LogP contribution in [0.4, 0.5) is 0 Å². The van der Waals surface area contributed by atoms with Gasteiger partial charge in [0.2, 0.25) is 11.8 Å². The summed E-state index contributed by atoms with van der Waals surface area (Å²) < 4.78 is 10.3. The number of carbonyl (C=O) groups is 2. The normalized spacial score (nSPS) is 12.0. The third-order valence-corrected chi connectivity index (χ3v) is 2.94. The molecule has 0 aromatic heterocycles. The van der Waals surface area contributed by atoms with E-state index < -0.39 is 6.04 Å². The largest absolute Gasteiger partial charge is 0.378 e. The van der Waals surface area contributed by atoms with Crippen LogP contribution in [0.2, 0.25) is 0 Å². The molecule has 0 aliphatic rings. The maximum absolute atomic E-state index is 11.8. The van der Waals surface area contributed by atoms with Crippen LogP contribution < -0.4 is 21.7 Å². The third kappa shape index (κ3) is 11.4. The van der Waals surface area contributed by atoms with Crippen molar-refractivity contribution < 1.29 is 19.1 Å². The molecular formula is C14H30N4O4. The van der Waals surface area contributed by atoms with Gasteiger partial charge >= 0.3 is 0 Å². The van der Waals surface area contributed by atoms with Gasteiger partial charge in [-0.25, -0.2) is 0 Å². The lowest BCUT2D eigenvalue weighted by molar-refractivity contribution is -0.131. The lowest BCUT2D eigenvalue weighted by Gasteiger charge is -2.17. The SMILES string of the molecule is CNCCCCC(NC(=O)COCCOCCN)C(=O)NC. The second-order valence-electron chi connectivity index (χ2n) is 4.79. The van der Waals surface area contributed by atoms with Crippen LogP contribution in [-0.4, -0.2) is 71.5 Å². The van der Waals surface area contributed by atoms with E-state index in [9.17, 15) is 9.59 Å². The van der Waals surface area contributed by atoms with Crippen molar-refractivity contribution in [2.24, 2.45) is 5.73 Å². The van der Waals surface area contributed by atoms with Gasteiger partial charge in [0, 0.05) is 13.6 Å². The van der Waals surface area contributed by atoms with Gasteiger partial charge in [0.15, 0.2) is 0 Å². The highest BCUT2D eigenvalue weighted by Gasteiger charge is 2.18. The first-order valence-electron chi connectivity index (χ1n) is 7.66. The van der Waals surface area contributed by atoms with Crippen LogP contribution in [0.1, 0.15) is 19.3 Å². The van der Waals surface area contributed by atoms with Gasteiger partial charge in [-0.2, -0.15) is 0 Å². The molecule has 0 spiro atoms. The second-order valence-corrected chi connectivity index (χ2v) is 4.79. The predicted molar refractivity (Wildman–Crippen MR) is 84.5 cm³/mol. The minimum atomic E-state index is -0.522. The van der Waals surface area contributed by atoms with Crippen molar-refractivity contribution in [3.05, 3.63) is 0 Å². The highest BCUT2D eigenvalue weighted by Crippen LogP contribution is 2.01. The van der Waals surface area contributed by atoms with Crippen LogP contribution >= 0.6 is 0 Å². The Kier molecular flexibility index (Phi) is 13.9. The lowest BCUT2D eigenvalue weighted by Crippen LogP contribution is -2.46. The standard InChI is InChI=1S/C14H30N4O4/c1-16-7-4-3-5-12(14(20)17-2)18-13(19)11-22-10-9-21-8-6-15/h12,16H,3-11,15H2,1-2H3,(H,17,20)(H,18,19). The van der Waals surface area contributed by atoms with Crippen molar-refractivity contribution in [1.82, 2.24) is 16.0 Å². The molecule has 8 nitrogen and oxygen atoms in total. The molecule has 0 fully saturated rings. The van der Waals surface area contributed by atoms with Crippen molar-refractivity contribution in [3.8, 4) is 0 Å². The van der Waals surface area contributed by atoms with E-state index >= 15 is 0 Å². The summed E-state index contributed by atoms with van der Waals surface area (Å²) in [7, 11) is 3.44. The number of carbonyl (C=O) groups excluding carboxylic acids is 2. The number of ether oxygens (including phenoxy) is 2. The zero-order valence-electron chi connectivity index (χ0n) is 13.7. The zero-order valence-corrected chi connectivity index (χ0v) is 13.7. The summed E-state index contributed by atoms with van der Waals surface area (Å²) in [5.74, 6) is -0.495. The second kappa shape index (κ2) is 14.7. The summed E-state index contributed by atoms with van der Waals surface area (Å²) in [6.45, 7) is 2.45. The number of unbranched alkanes of at least 4 members (excludes halogenated alkanes) is 1. The first kappa shape index (κ1) is 20.8. The Balaban J connectivity index is 3.92. The van der Waals surface area contributed by atoms with Crippen molar-refractivity contribution >= 4 is 11.8 Å². The molecule has 8 heteroatoms. The Hall–Kier alpha value is -1.22. The topological polar surface area (TPSA) is 115 Å². The lowest BCUT2D eigenvalue weighted by atomic mass is 10.1. The molecule has 2 amide bonds. The summed E-state index contributed by atoms with van der Waals surface area (Å²) in [5.41, 5.74) is 5.27. The molecule has 0 aliphatic carbocycles. The van der Waals surface area contributed by atoms with Crippen LogP contribution in [0.3, 0.4) is 0 Å². The molecule has 0 heterocycles. The molecular weight excluding hydrogens is 288 g/mol. The van der Waals surface area contributed by atoms with E-state index in [-0.39, 0.29) is 18.4 Å². The van der Waals surface area contributed by atoms with Crippen LogP contribution in [0.25, 0.3) is 0 Å². The predicted octanol–water partition coefficient (Wildman–Crippen LogP) is -1.40. The average molecular weight is 318 g/mol. The van der Waals surface area contributed by atoms with Crippen LogP contribution in [0.15, 0.2) is 0 Å². The monoisotopic (exact) mass is 318 g/mol. The van der Waals surface area contributed by atoms with Crippen LogP contribution in [0, 0.1) is 0 Å². The van der Waals surface area contributed by atoms with Crippen molar-refractivity contribution in [3.63, 3.8) is 0 Å². The Bertz CT molecular complexity index is 303. The fourth-order valence-corrected chi connectivity index (χ4v) is 1.80. The third-order valence-electron chi connectivity index (χ3n) is 2.94. The summed E-state index contributed by atoms with van der Waals surface area (Å²) >= 11 is 0. The molecule has 0 aromatic rings. The van der Waals surface area contributed by atoms with Crippen molar-refractivity contribution in [1.29, 1.82) is 0 Å². The maximum atomic E-state index is 11.8. The Morgan fingerprint density at radius 2 is 1.82 bits per heavy atom. The smallest absolute Gasteiger partial charge is 0.246 e. The van der Waals surface area contributed by atoms with E-state index in [0.717, 1.165) is 19.4 Å². The van der Waals surface area contributed by atoms with E-state index in [2.05, 4.69) is 16.0 Å². The summed E-state index contributed by atoms with van der Waals surface area (Å²) in [6, 6.07) is -0.522. The van der Waals surface area contributed by atoms with Crippen LogP contribution in [-0.2, 0) is 19.1 Å². The van der Waals surface area contributed by atoms with Gasteiger partial charge in [0.05, 0.1) is 19.8 Å². The van der Waals surface area contributed by atoms with Crippen molar-refractivity contribution in [2.75, 3.05) is 53.6 Å². The minimum absolute atomic E-state index is 0.0873. The number of rotatable bonds is 14. The summed E-state index contributed by atoms with van der Waals surface area (Å²) in [5, 5.41) is 8.30. The molecule has 1 unspecified atom stereocenters. The molecule has 0 rings (SSSR count). The first-order chi connectivity index (χ1) is 10.7. The number of nitrogens with one attached hydrogen (secondary N) is 3. The highest BCUT2D eigenvalue weighted by atomic mass is 16.5. The van der Waals surface area contributed by atoms with Gasteiger partial charge in [-0.15, -0.1) is 0 Å². The molecule has 0 bridgehead atoms. The van der Waals surface area contributed by atoms with Gasteiger partial charge in [0.1, 0.15) is 12.6 Å². The van der Waals surface area contributed by atoms with Gasteiger partial charge in [0.25, 0.3) is 0 Å². The number of hydrogen-bond acceptors (Lipinski definition) is 6. The molecule has 130 valence electrons. The number of hydrogen-bond donors (Lipinski definition) is 4. The van der Waals surface area contributed by atoms with Crippen LogP contribution in [0.5, 0.6) is 0 Å². The maximum Gasteiger partial charge on any atom is 0.246 e. The fourth-order valence-electron chi connectivity index (χ4n) is 1.80. The average Bonchev–Trinajstić information content (AvgIpc) is 2.52. The van der Waals surface area contributed by atoms with Crippen molar-refractivity contribution in [2.45, 2.75) is 25.3 Å². The number of likely N-dealkylation sites (N-methyl/N-ethyl adjacent to an activating group) is 1. The number of nitrogens with two attached hydrogens (primary N) is 1. The molecule has 1 atom stereocenters. The van der Waals surface area contributed by atoms with Gasteiger partial charge in [-0.1, -0.05) is 0 Å². The molecule has 0 aromatic carbocycles. The molecule has 0 aliphatic heterocycles. The fraction of sp³-hybridized carbons (Fsp3) is 0.857. The first-order valence-corrected chi connectivity index (χ1v) is 7.66. The highest BCUT2D eigenvalue weighted by molar-refractivity contribution is 5.87.